The van der Waals surface area contributed by atoms with Crippen LogP contribution in [0.15, 0.2) is 42.5 Å². The van der Waals surface area contributed by atoms with Crippen LogP contribution in [0.2, 0.25) is 0 Å². The first-order chi connectivity index (χ1) is 13.7. The lowest BCUT2D eigenvalue weighted by Crippen LogP contribution is -2.54. The van der Waals surface area contributed by atoms with Gasteiger partial charge in [-0.2, -0.15) is 0 Å². The Labute approximate surface area is 165 Å². The van der Waals surface area contributed by atoms with Gasteiger partial charge in [0.15, 0.2) is 16.6 Å². The molecular weight excluding hydrogens is 381 g/mol. The van der Waals surface area contributed by atoms with Gasteiger partial charge in [-0.1, -0.05) is 29.5 Å². The van der Waals surface area contributed by atoms with Gasteiger partial charge in [0.25, 0.3) is 5.91 Å². The van der Waals surface area contributed by atoms with Crippen LogP contribution in [0.25, 0.3) is 10.2 Å². The van der Waals surface area contributed by atoms with Crippen LogP contribution < -0.4 is 14.4 Å². The number of benzene rings is 2. The van der Waals surface area contributed by atoms with E-state index in [9.17, 15) is 9.18 Å². The molecule has 0 bridgehead atoms. The zero-order chi connectivity index (χ0) is 19.1. The summed E-state index contributed by atoms with van der Waals surface area (Å²) in [5.74, 6) is 0.898. The number of para-hydroxylation sites is 3. The number of fused-ring (bicyclic) bond motifs is 2. The summed E-state index contributed by atoms with van der Waals surface area (Å²) < 4.78 is 26.2. The number of aromatic nitrogens is 1. The average molecular weight is 399 g/mol. The van der Waals surface area contributed by atoms with Crippen molar-refractivity contribution in [1.82, 2.24) is 9.88 Å². The maximum absolute atomic E-state index is 13.9. The van der Waals surface area contributed by atoms with Crippen molar-refractivity contribution >= 4 is 32.6 Å². The molecule has 1 saturated heterocycles. The topological polar surface area (TPSA) is 54.9 Å². The molecule has 0 radical (unpaired) electrons. The molecule has 2 aromatic carbocycles. The molecule has 0 N–H and O–H groups in total. The molecule has 0 spiro atoms. The summed E-state index contributed by atoms with van der Waals surface area (Å²) in [5, 5.41) is 0.790. The standard InChI is InChI=1S/C20H18FN3O3S/c21-13-4-3-7-17-18(13)22-20(28-17)24-10-8-23(9-11-24)19(25)16-12-26-14-5-1-2-6-15(14)27-16/h1-7,16H,8-12H2/t16-/m1/s1. The van der Waals surface area contributed by atoms with Crippen molar-refractivity contribution in [3.63, 3.8) is 0 Å². The van der Waals surface area contributed by atoms with Gasteiger partial charge >= 0.3 is 0 Å². The van der Waals surface area contributed by atoms with E-state index < -0.39 is 6.10 Å². The largest absolute Gasteiger partial charge is 0.485 e. The smallest absolute Gasteiger partial charge is 0.267 e. The lowest BCUT2D eigenvalue weighted by Gasteiger charge is -2.37. The Balaban J connectivity index is 1.24. The number of hydrogen-bond donors (Lipinski definition) is 0. The first kappa shape index (κ1) is 17.2. The fraction of sp³-hybridized carbons (Fsp3) is 0.300. The molecule has 2 aliphatic rings. The first-order valence-electron chi connectivity index (χ1n) is 9.16. The van der Waals surface area contributed by atoms with E-state index in [4.69, 9.17) is 9.47 Å². The van der Waals surface area contributed by atoms with Crippen LogP contribution in [0.1, 0.15) is 0 Å². The molecule has 1 aromatic heterocycles. The Hall–Kier alpha value is -2.87. The first-order valence-corrected chi connectivity index (χ1v) is 9.98. The van der Waals surface area contributed by atoms with Crippen LogP contribution in [0.4, 0.5) is 9.52 Å². The predicted molar refractivity (Wildman–Crippen MR) is 105 cm³/mol. The minimum Gasteiger partial charge on any atom is -0.485 e. The summed E-state index contributed by atoms with van der Waals surface area (Å²) in [6.45, 7) is 2.65. The number of rotatable bonds is 2. The van der Waals surface area contributed by atoms with Crippen LogP contribution in [0.5, 0.6) is 11.5 Å². The van der Waals surface area contributed by atoms with Gasteiger partial charge < -0.3 is 19.3 Å². The Morgan fingerprint density at radius 2 is 1.86 bits per heavy atom. The van der Waals surface area contributed by atoms with Crippen molar-refractivity contribution in [2.24, 2.45) is 0 Å². The second-order valence-electron chi connectivity index (χ2n) is 6.76. The second kappa shape index (κ2) is 6.94. The molecular formula is C20H18FN3O3S. The zero-order valence-electron chi connectivity index (χ0n) is 15.0. The van der Waals surface area contributed by atoms with Gasteiger partial charge in [0.1, 0.15) is 17.9 Å². The number of carbonyl (C=O) groups is 1. The van der Waals surface area contributed by atoms with E-state index in [1.807, 2.05) is 24.3 Å². The highest BCUT2D eigenvalue weighted by Gasteiger charge is 2.33. The van der Waals surface area contributed by atoms with Crippen molar-refractivity contribution in [2.45, 2.75) is 6.10 Å². The molecule has 8 heteroatoms. The van der Waals surface area contributed by atoms with Crippen LogP contribution in [-0.4, -0.2) is 54.7 Å². The van der Waals surface area contributed by atoms with Crippen molar-refractivity contribution in [3.05, 3.63) is 48.3 Å². The highest BCUT2D eigenvalue weighted by molar-refractivity contribution is 7.22. The van der Waals surface area contributed by atoms with E-state index in [-0.39, 0.29) is 18.3 Å². The molecule has 1 atom stereocenters. The third kappa shape index (κ3) is 3.03. The molecule has 3 aromatic rings. The monoisotopic (exact) mass is 399 g/mol. The Morgan fingerprint density at radius 3 is 2.64 bits per heavy atom. The number of piperazine rings is 1. The molecule has 2 aliphatic heterocycles. The number of halogens is 1. The highest BCUT2D eigenvalue weighted by Crippen LogP contribution is 2.32. The van der Waals surface area contributed by atoms with Gasteiger partial charge in [-0.05, 0) is 24.3 Å². The Kier molecular flexibility index (Phi) is 4.27. The molecule has 5 rings (SSSR count). The predicted octanol–water partition coefficient (Wildman–Crippen LogP) is 2.92. The normalized spacial score (nSPS) is 19.1. The van der Waals surface area contributed by atoms with Gasteiger partial charge in [-0.3, -0.25) is 4.79 Å². The summed E-state index contributed by atoms with van der Waals surface area (Å²) in [6, 6.07) is 12.4. The summed E-state index contributed by atoms with van der Waals surface area (Å²) in [7, 11) is 0. The summed E-state index contributed by atoms with van der Waals surface area (Å²) >= 11 is 1.47. The third-order valence-corrected chi connectivity index (χ3v) is 6.09. The molecule has 1 fully saturated rings. The maximum Gasteiger partial charge on any atom is 0.267 e. The molecule has 0 aliphatic carbocycles. The minimum absolute atomic E-state index is 0.0653. The summed E-state index contributed by atoms with van der Waals surface area (Å²) in [6.07, 6.45) is -0.627. The fourth-order valence-electron chi connectivity index (χ4n) is 3.50. The molecule has 144 valence electrons. The van der Waals surface area contributed by atoms with E-state index in [1.165, 1.54) is 17.4 Å². The number of amides is 1. The average Bonchev–Trinajstić information content (AvgIpc) is 3.19. The van der Waals surface area contributed by atoms with E-state index in [0.29, 0.717) is 43.2 Å². The minimum atomic E-state index is -0.627. The SMILES string of the molecule is O=C([C@H]1COc2ccccc2O1)N1CCN(c2nc3c(F)cccc3s2)CC1. The molecule has 28 heavy (non-hydrogen) atoms. The maximum atomic E-state index is 13.9. The lowest BCUT2D eigenvalue weighted by atomic mass is 10.2. The van der Waals surface area contributed by atoms with Crippen molar-refractivity contribution in [1.29, 1.82) is 0 Å². The van der Waals surface area contributed by atoms with E-state index in [2.05, 4.69) is 9.88 Å². The van der Waals surface area contributed by atoms with Gasteiger partial charge in [-0.15, -0.1) is 0 Å². The number of nitrogens with zero attached hydrogens (tertiary/aromatic N) is 3. The van der Waals surface area contributed by atoms with Gasteiger partial charge in [0, 0.05) is 26.2 Å². The van der Waals surface area contributed by atoms with Gasteiger partial charge in [0.05, 0.1) is 4.70 Å². The quantitative estimate of drug-likeness (QED) is 0.663. The summed E-state index contributed by atoms with van der Waals surface area (Å²) in [4.78, 5) is 21.2. The molecule has 3 heterocycles. The number of anilines is 1. The summed E-state index contributed by atoms with van der Waals surface area (Å²) in [5.41, 5.74) is 0.410. The van der Waals surface area contributed by atoms with Crippen LogP contribution >= 0.6 is 11.3 Å². The van der Waals surface area contributed by atoms with Crippen LogP contribution in [-0.2, 0) is 4.79 Å². The molecule has 1 amide bonds. The van der Waals surface area contributed by atoms with Crippen LogP contribution in [0, 0.1) is 5.82 Å². The highest BCUT2D eigenvalue weighted by atomic mass is 32.1. The Bertz CT molecular complexity index is 1030. The van der Waals surface area contributed by atoms with Crippen LogP contribution in [0.3, 0.4) is 0 Å². The molecule has 0 unspecified atom stereocenters. The number of carbonyl (C=O) groups excluding carboxylic acids is 1. The lowest BCUT2D eigenvalue weighted by molar-refractivity contribution is -0.141. The second-order valence-corrected chi connectivity index (χ2v) is 7.77. The number of thiazole rings is 1. The molecule has 6 nitrogen and oxygen atoms in total. The van der Waals surface area contributed by atoms with E-state index in [1.54, 1.807) is 17.0 Å². The number of hydrogen-bond acceptors (Lipinski definition) is 6. The van der Waals surface area contributed by atoms with Crippen molar-refractivity contribution < 1.29 is 18.7 Å². The van der Waals surface area contributed by atoms with Crippen molar-refractivity contribution in [3.8, 4) is 11.5 Å². The van der Waals surface area contributed by atoms with E-state index >= 15 is 0 Å². The van der Waals surface area contributed by atoms with Crippen molar-refractivity contribution in [2.75, 3.05) is 37.7 Å². The molecule has 0 saturated carbocycles. The zero-order valence-corrected chi connectivity index (χ0v) is 15.8. The number of ether oxygens (including phenoxy) is 2. The van der Waals surface area contributed by atoms with Gasteiger partial charge in [-0.25, -0.2) is 9.37 Å². The van der Waals surface area contributed by atoms with Gasteiger partial charge in [0.2, 0.25) is 6.10 Å². The van der Waals surface area contributed by atoms with E-state index in [0.717, 1.165) is 9.83 Å². The fourth-order valence-corrected chi connectivity index (χ4v) is 4.53. The third-order valence-electron chi connectivity index (χ3n) is 5.00. The Morgan fingerprint density at radius 1 is 1.07 bits per heavy atom.